The van der Waals surface area contributed by atoms with Crippen molar-refractivity contribution in [3.05, 3.63) is 17.8 Å². The first-order chi connectivity index (χ1) is 12.0. The van der Waals surface area contributed by atoms with Gasteiger partial charge in [0.25, 0.3) is 0 Å². The maximum atomic E-state index is 12.7. The van der Waals surface area contributed by atoms with E-state index in [9.17, 15) is 4.79 Å². The van der Waals surface area contributed by atoms with E-state index in [-0.39, 0.29) is 11.3 Å². The average molecular weight is 340 g/mol. The largest absolute Gasteiger partial charge is 0.296 e. The Hall–Kier alpha value is -1.91. The number of anilines is 1. The molecule has 0 unspecified atom stereocenters. The maximum Gasteiger partial charge on any atom is 0.227 e. The van der Waals surface area contributed by atoms with Gasteiger partial charge in [-0.3, -0.25) is 14.7 Å². The molecule has 2 heterocycles. The smallest absolute Gasteiger partial charge is 0.227 e. The minimum atomic E-state index is 0.0944. The molecule has 0 bridgehead atoms. The number of rotatable bonds is 4. The lowest BCUT2D eigenvalue weighted by Crippen LogP contribution is -2.28. The van der Waals surface area contributed by atoms with Crippen molar-refractivity contribution in [3.8, 4) is 0 Å². The van der Waals surface area contributed by atoms with Gasteiger partial charge in [-0.05, 0) is 56.6 Å². The van der Waals surface area contributed by atoms with E-state index >= 15 is 0 Å². The van der Waals surface area contributed by atoms with Crippen molar-refractivity contribution in [2.45, 2.75) is 77.7 Å². The van der Waals surface area contributed by atoms with Crippen molar-refractivity contribution in [2.24, 2.45) is 5.41 Å². The van der Waals surface area contributed by atoms with Crippen LogP contribution in [0.2, 0.25) is 0 Å². The van der Waals surface area contributed by atoms with E-state index in [0.717, 1.165) is 42.5 Å². The molecule has 4 rings (SSSR count). The zero-order chi connectivity index (χ0) is 17.4. The number of hydrogen-bond acceptors (Lipinski definition) is 3. The van der Waals surface area contributed by atoms with Gasteiger partial charge in [0.1, 0.15) is 5.52 Å². The molecule has 2 aliphatic rings. The predicted molar refractivity (Wildman–Crippen MR) is 99.6 cm³/mol. The lowest BCUT2D eigenvalue weighted by Gasteiger charge is -2.33. The summed E-state index contributed by atoms with van der Waals surface area (Å²) < 4.78 is 2.16. The van der Waals surface area contributed by atoms with Crippen LogP contribution in [0.1, 0.15) is 76.4 Å². The second-order valence-corrected chi connectivity index (χ2v) is 8.28. The van der Waals surface area contributed by atoms with Crippen LogP contribution in [0.5, 0.6) is 0 Å². The van der Waals surface area contributed by atoms with Crippen molar-refractivity contribution in [3.63, 3.8) is 0 Å². The standard InChI is InChI=1S/C20H28N4O/c1-14-9-10-16-18(21-14)24(15-7-6-8-15)19(22-16)23-17(25)13-20(2)11-4-3-5-12-20/h9-10,15H,3-8,11-13H2,1-2H3,(H,22,23,25). The van der Waals surface area contributed by atoms with Crippen LogP contribution in [0, 0.1) is 12.3 Å². The molecule has 5 heteroatoms. The lowest BCUT2D eigenvalue weighted by atomic mass is 9.73. The number of hydrogen-bond donors (Lipinski definition) is 1. The van der Waals surface area contributed by atoms with Crippen LogP contribution >= 0.6 is 0 Å². The maximum absolute atomic E-state index is 12.7. The molecule has 0 radical (unpaired) electrons. The second kappa shape index (κ2) is 6.43. The fourth-order valence-corrected chi connectivity index (χ4v) is 4.29. The van der Waals surface area contributed by atoms with E-state index in [2.05, 4.69) is 26.8 Å². The molecule has 25 heavy (non-hydrogen) atoms. The first kappa shape index (κ1) is 16.6. The lowest BCUT2D eigenvalue weighted by molar-refractivity contribution is -0.118. The Morgan fingerprint density at radius 1 is 1.20 bits per heavy atom. The number of pyridine rings is 1. The van der Waals surface area contributed by atoms with Crippen LogP contribution in [-0.2, 0) is 4.79 Å². The highest BCUT2D eigenvalue weighted by Gasteiger charge is 2.31. The summed E-state index contributed by atoms with van der Waals surface area (Å²) in [7, 11) is 0. The number of nitrogens with one attached hydrogen (secondary N) is 1. The summed E-state index contributed by atoms with van der Waals surface area (Å²) >= 11 is 0. The van der Waals surface area contributed by atoms with E-state index in [0.29, 0.717) is 18.4 Å². The third-order valence-corrected chi connectivity index (χ3v) is 6.02. The molecule has 0 aliphatic heterocycles. The van der Waals surface area contributed by atoms with Gasteiger partial charge in [-0.25, -0.2) is 9.97 Å². The van der Waals surface area contributed by atoms with Gasteiger partial charge in [0.15, 0.2) is 5.65 Å². The summed E-state index contributed by atoms with van der Waals surface area (Å²) in [5.74, 6) is 0.777. The summed E-state index contributed by atoms with van der Waals surface area (Å²) in [6, 6.07) is 4.40. The summed E-state index contributed by atoms with van der Waals surface area (Å²) in [5.41, 5.74) is 2.91. The first-order valence-electron chi connectivity index (χ1n) is 9.70. The topological polar surface area (TPSA) is 59.8 Å². The summed E-state index contributed by atoms with van der Waals surface area (Å²) in [4.78, 5) is 22.1. The molecule has 1 amide bonds. The average Bonchev–Trinajstić information content (AvgIpc) is 2.83. The van der Waals surface area contributed by atoms with Crippen LogP contribution in [0.4, 0.5) is 5.95 Å². The summed E-state index contributed by atoms with van der Waals surface area (Å²) in [6.45, 7) is 4.26. The monoisotopic (exact) mass is 340 g/mol. The fourth-order valence-electron chi connectivity index (χ4n) is 4.29. The third-order valence-electron chi connectivity index (χ3n) is 6.02. The molecule has 0 atom stereocenters. The summed E-state index contributed by atoms with van der Waals surface area (Å²) in [6.07, 6.45) is 10.2. The minimum absolute atomic E-state index is 0.0944. The zero-order valence-electron chi connectivity index (χ0n) is 15.3. The molecule has 2 aromatic heterocycles. The molecule has 0 spiro atoms. The highest BCUT2D eigenvalue weighted by molar-refractivity contribution is 5.91. The molecule has 0 aromatic carbocycles. The molecule has 2 saturated carbocycles. The van der Waals surface area contributed by atoms with E-state index in [1.165, 1.54) is 25.7 Å². The van der Waals surface area contributed by atoms with Crippen LogP contribution in [0.3, 0.4) is 0 Å². The Kier molecular flexibility index (Phi) is 4.26. The van der Waals surface area contributed by atoms with Gasteiger partial charge in [-0.1, -0.05) is 26.2 Å². The van der Waals surface area contributed by atoms with Gasteiger partial charge in [0.2, 0.25) is 11.9 Å². The van der Waals surface area contributed by atoms with Gasteiger partial charge in [-0.2, -0.15) is 0 Å². The SMILES string of the molecule is Cc1ccc2nc(NC(=O)CC3(C)CCCCC3)n(C3CCC3)c2n1. The molecule has 134 valence electrons. The third kappa shape index (κ3) is 3.29. The Labute approximate surface area is 149 Å². The van der Waals surface area contributed by atoms with Crippen molar-refractivity contribution in [1.29, 1.82) is 0 Å². The molecule has 1 N–H and O–H groups in total. The van der Waals surface area contributed by atoms with Gasteiger partial charge in [0, 0.05) is 18.2 Å². The number of carbonyl (C=O) groups excluding carboxylic acids is 1. The van der Waals surface area contributed by atoms with Gasteiger partial charge < -0.3 is 0 Å². The number of fused-ring (bicyclic) bond motifs is 1. The van der Waals surface area contributed by atoms with Crippen LogP contribution in [0.15, 0.2) is 12.1 Å². The molecule has 2 fully saturated rings. The number of carbonyl (C=O) groups is 1. The van der Waals surface area contributed by atoms with Crippen molar-refractivity contribution in [1.82, 2.24) is 14.5 Å². The number of aryl methyl sites for hydroxylation is 1. The number of nitrogens with zero attached hydrogens (tertiary/aromatic N) is 3. The van der Waals surface area contributed by atoms with Crippen LogP contribution < -0.4 is 5.32 Å². The van der Waals surface area contributed by atoms with Gasteiger partial charge >= 0.3 is 0 Å². The Balaban J connectivity index is 1.59. The molecule has 5 nitrogen and oxygen atoms in total. The molecule has 0 saturated heterocycles. The van der Waals surface area contributed by atoms with Crippen LogP contribution in [-0.4, -0.2) is 20.4 Å². The predicted octanol–water partition coefficient (Wildman–Crippen LogP) is 4.76. The van der Waals surface area contributed by atoms with E-state index < -0.39 is 0 Å². The Bertz CT molecular complexity index is 784. The van der Waals surface area contributed by atoms with Gasteiger partial charge in [0.05, 0.1) is 0 Å². The zero-order valence-corrected chi connectivity index (χ0v) is 15.3. The van der Waals surface area contributed by atoms with Crippen LogP contribution in [0.25, 0.3) is 11.2 Å². The molecule has 2 aromatic rings. The molecule has 2 aliphatic carbocycles. The van der Waals surface area contributed by atoms with E-state index in [1.54, 1.807) is 0 Å². The number of aromatic nitrogens is 3. The number of imidazole rings is 1. The highest BCUT2D eigenvalue weighted by atomic mass is 16.1. The second-order valence-electron chi connectivity index (χ2n) is 8.28. The van der Waals surface area contributed by atoms with Crippen molar-refractivity contribution >= 4 is 23.0 Å². The number of amides is 1. The van der Waals surface area contributed by atoms with E-state index in [4.69, 9.17) is 0 Å². The van der Waals surface area contributed by atoms with E-state index in [1.807, 2.05) is 19.1 Å². The molecular formula is C20H28N4O. The fraction of sp³-hybridized carbons (Fsp3) is 0.650. The first-order valence-corrected chi connectivity index (χ1v) is 9.70. The summed E-state index contributed by atoms with van der Waals surface area (Å²) in [5, 5.41) is 3.11. The quantitative estimate of drug-likeness (QED) is 0.872. The normalized spacial score (nSPS) is 20.4. The highest BCUT2D eigenvalue weighted by Crippen LogP contribution is 2.40. The minimum Gasteiger partial charge on any atom is -0.296 e. The van der Waals surface area contributed by atoms with Gasteiger partial charge in [-0.15, -0.1) is 0 Å². The Morgan fingerprint density at radius 3 is 2.64 bits per heavy atom. The van der Waals surface area contributed by atoms with Crippen molar-refractivity contribution < 1.29 is 4.79 Å². The Morgan fingerprint density at radius 2 is 1.96 bits per heavy atom. The van der Waals surface area contributed by atoms with Crippen molar-refractivity contribution in [2.75, 3.05) is 5.32 Å². The molecular weight excluding hydrogens is 312 g/mol.